The summed E-state index contributed by atoms with van der Waals surface area (Å²) >= 11 is 0. The molecule has 18 heavy (non-hydrogen) atoms. The lowest BCUT2D eigenvalue weighted by Crippen LogP contribution is -2.26. The van der Waals surface area contributed by atoms with Crippen LogP contribution >= 0.6 is 0 Å². The van der Waals surface area contributed by atoms with Crippen molar-refractivity contribution >= 4 is 0 Å². The average Bonchev–Trinajstić information content (AvgIpc) is 2.95. The Morgan fingerprint density at radius 2 is 1.39 bits per heavy atom. The van der Waals surface area contributed by atoms with Crippen molar-refractivity contribution in [2.75, 3.05) is 0 Å². The molecule has 0 radical (unpaired) electrons. The van der Waals surface area contributed by atoms with Crippen LogP contribution in [0.5, 0.6) is 0 Å². The Morgan fingerprint density at radius 3 is 1.83 bits per heavy atom. The van der Waals surface area contributed by atoms with Crippen LogP contribution in [-0.4, -0.2) is 20.6 Å². The number of tetrazole rings is 1. The Balaban J connectivity index is 1.78. The molecule has 0 amide bonds. The molecule has 1 aromatic rings. The highest BCUT2D eigenvalue weighted by Crippen LogP contribution is 2.44. The largest absolute Gasteiger partial charge is 0.178 e. The highest BCUT2D eigenvalue weighted by molar-refractivity contribution is 5.00. The summed E-state index contributed by atoms with van der Waals surface area (Å²) < 4.78 is 0. The van der Waals surface area contributed by atoms with Crippen LogP contribution in [0, 0.1) is 11.8 Å². The van der Waals surface area contributed by atoms with Gasteiger partial charge in [0.25, 0.3) is 0 Å². The highest BCUT2D eigenvalue weighted by Gasteiger charge is 2.35. The van der Waals surface area contributed by atoms with Crippen LogP contribution in [0.2, 0.25) is 0 Å². The van der Waals surface area contributed by atoms with E-state index in [9.17, 15) is 0 Å². The van der Waals surface area contributed by atoms with Crippen molar-refractivity contribution in [2.24, 2.45) is 11.8 Å². The third kappa shape index (κ3) is 2.57. The standard InChI is InChI=1S/C14H24N4/c1-3-7-11(8-4-1)13(14-15-17-18-16-14)12-9-5-2-6-10-12/h11-13H,1-10H2,(H,15,16,17,18). The average molecular weight is 248 g/mol. The molecule has 1 aromatic heterocycles. The summed E-state index contributed by atoms with van der Waals surface area (Å²) in [5, 5.41) is 15.1. The van der Waals surface area contributed by atoms with E-state index < -0.39 is 0 Å². The molecule has 0 aromatic carbocycles. The van der Waals surface area contributed by atoms with Crippen molar-refractivity contribution < 1.29 is 0 Å². The van der Waals surface area contributed by atoms with Gasteiger partial charge < -0.3 is 0 Å². The maximum atomic E-state index is 4.32. The second kappa shape index (κ2) is 5.81. The van der Waals surface area contributed by atoms with Crippen molar-refractivity contribution in [3.63, 3.8) is 0 Å². The van der Waals surface area contributed by atoms with Gasteiger partial charge in [0.1, 0.15) is 0 Å². The third-order valence-electron chi connectivity index (χ3n) is 4.98. The van der Waals surface area contributed by atoms with Crippen LogP contribution < -0.4 is 0 Å². The molecule has 4 nitrogen and oxygen atoms in total. The predicted octanol–water partition coefficient (Wildman–Crippen LogP) is 3.44. The lowest BCUT2D eigenvalue weighted by atomic mass is 9.69. The van der Waals surface area contributed by atoms with Gasteiger partial charge in [-0.05, 0) is 37.5 Å². The zero-order valence-electron chi connectivity index (χ0n) is 11.1. The summed E-state index contributed by atoms with van der Waals surface area (Å²) in [6, 6.07) is 0. The summed E-state index contributed by atoms with van der Waals surface area (Å²) in [4.78, 5) is 0. The quantitative estimate of drug-likeness (QED) is 0.891. The normalized spacial score (nSPS) is 23.6. The molecule has 0 unspecified atom stereocenters. The zero-order valence-corrected chi connectivity index (χ0v) is 11.1. The fraction of sp³-hybridized carbons (Fsp3) is 0.929. The Morgan fingerprint density at radius 1 is 0.833 bits per heavy atom. The van der Waals surface area contributed by atoms with E-state index in [0.29, 0.717) is 5.92 Å². The minimum absolute atomic E-state index is 0.573. The van der Waals surface area contributed by atoms with E-state index in [2.05, 4.69) is 20.6 Å². The van der Waals surface area contributed by atoms with Crippen LogP contribution in [0.4, 0.5) is 0 Å². The van der Waals surface area contributed by atoms with Gasteiger partial charge in [-0.1, -0.05) is 43.7 Å². The van der Waals surface area contributed by atoms with Gasteiger partial charge in [0.15, 0.2) is 5.82 Å². The number of H-pyrrole nitrogens is 1. The molecule has 100 valence electrons. The summed E-state index contributed by atoms with van der Waals surface area (Å²) in [5.41, 5.74) is 0. The van der Waals surface area contributed by atoms with Gasteiger partial charge in [0, 0.05) is 5.92 Å². The lowest BCUT2D eigenvalue weighted by Gasteiger charge is -2.35. The lowest BCUT2D eigenvalue weighted by molar-refractivity contribution is 0.195. The number of hydrogen-bond acceptors (Lipinski definition) is 3. The smallest absolute Gasteiger partial charge is 0.177 e. The maximum absolute atomic E-state index is 4.32. The van der Waals surface area contributed by atoms with Crippen LogP contribution in [0.25, 0.3) is 0 Å². The molecule has 0 atom stereocenters. The van der Waals surface area contributed by atoms with E-state index in [1.54, 1.807) is 0 Å². The molecule has 2 aliphatic rings. The molecule has 2 fully saturated rings. The highest BCUT2D eigenvalue weighted by atomic mass is 15.5. The van der Waals surface area contributed by atoms with Crippen molar-refractivity contribution in [1.82, 2.24) is 20.6 Å². The van der Waals surface area contributed by atoms with Gasteiger partial charge >= 0.3 is 0 Å². The maximum Gasteiger partial charge on any atom is 0.178 e. The Bertz CT molecular complexity index is 319. The number of nitrogens with zero attached hydrogens (tertiary/aromatic N) is 3. The Hall–Kier alpha value is -0.930. The van der Waals surface area contributed by atoms with Gasteiger partial charge in [-0.2, -0.15) is 5.21 Å². The molecular weight excluding hydrogens is 224 g/mol. The third-order valence-corrected chi connectivity index (χ3v) is 4.98. The van der Waals surface area contributed by atoms with Crippen LogP contribution in [0.1, 0.15) is 76.0 Å². The van der Waals surface area contributed by atoms with E-state index in [1.807, 2.05) is 0 Å². The summed E-state index contributed by atoms with van der Waals surface area (Å²) in [6.45, 7) is 0. The van der Waals surface area contributed by atoms with Crippen molar-refractivity contribution in [1.29, 1.82) is 0 Å². The topological polar surface area (TPSA) is 54.5 Å². The minimum Gasteiger partial charge on any atom is -0.177 e. The number of rotatable bonds is 3. The first-order valence-corrected chi connectivity index (χ1v) is 7.68. The van der Waals surface area contributed by atoms with Crippen LogP contribution in [0.15, 0.2) is 0 Å². The van der Waals surface area contributed by atoms with Gasteiger partial charge in [0.2, 0.25) is 0 Å². The van der Waals surface area contributed by atoms with E-state index in [1.165, 1.54) is 64.2 Å². The summed E-state index contributed by atoms with van der Waals surface area (Å²) in [6.07, 6.45) is 13.9. The molecule has 1 heterocycles. The van der Waals surface area contributed by atoms with Crippen LogP contribution in [0.3, 0.4) is 0 Å². The van der Waals surface area contributed by atoms with Crippen molar-refractivity contribution in [3.05, 3.63) is 5.82 Å². The molecule has 0 spiro atoms. The van der Waals surface area contributed by atoms with Crippen LogP contribution in [-0.2, 0) is 0 Å². The molecular formula is C14H24N4. The summed E-state index contributed by atoms with van der Waals surface area (Å²) in [7, 11) is 0. The molecule has 1 N–H and O–H groups in total. The minimum atomic E-state index is 0.573. The first-order chi connectivity index (χ1) is 8.95. The van der Waals surface area contributed by atoms with Gasteiger partial charge in [-0.3, -0.25) is 0 Å². The van der Waals surface area contributed by atoms with Gasteiger partial charge in [0.05, 0.1) is 0 Å². The number of aromatic nitrogens is 4. The Kier molecular flexibility index (Phi) is 3.91. The first kappa shape index (κ1) is 12.1. The first-order valence-electron chi connectivity index (χ1n) is 7.68. The number of nitrogens with one attached hydrogen (secondary N) is 1. The fourth-order valence-electron chi connectivity index (χ4n) is 4.10. The van der Waals surface area contributed by atoms with E-state index in [0.717, 1.165) is 17.7 Å². The fourth-order valence-corrected chi connectivity index (χ4v) is 4.10. The van der Waals surface area contributed by atoms with E-state index in [-0.39, 0.29) is 0 Å². The summed E-state index contributed by atoms with van der Waals surface area (Å²) in [5.74, 6) is 3.18. The van der Waals surface area contributed by atoms with Gasteiger partial charge in [-0.15, -0.1) is 10.2 Å². The molecule has 0 bridgehead atoms. The second-order valence-corrected chi connectivity index (χ2v) is 6.09. The molecule has 3 rings (SSSR count). The van der Waals surface area contributed by atoms with E-state index >= 15 is 0 Å². The molecule has 4 heteroatoms. The molecule has 2 saturated carbocycles. The zero-order chi connectivity index (χ0) is 12.2. The van der Waals surface area contributed by atoms with Crippen molar-refractivity contribution in [2.45, 2.75) is 70.1 Å². The second-order valence-electron chi connectivity index (χ2n) is 6.09. The number of aromatic amines is 1. The van der Waals surface area contributed by atoms with Crippen molar-refractivity contribution in [3.8, 4) is 0 Å². The predicted molar refractivity (Wildman–Crippen MR) is 70.1 cm³/mol. The molecule has 2 aliphatic carbocycles. The molecule has 0 aliphatic heterocycles. The molecule has 0 saturated heterocycles. The SMILES string of the molecule is C1CCC(C(c2nn[nH]n2)C2CCCCC2)CC1. The number of hydrogen-bond donors (Lipinski definition) is 1. The van der Waals surface area contributed by atoms with Gasteiger partial charge in [-0.25, -0.2) is 0 Å². The van der Waals surface area contributed by atoms with E-state index in [4.69, 9.17) is 0 Å². The monoisotopic (exact) mass is 248 g/mol. The Labute approximate surface area is 109 Å².